The van der Waals surface area contributed by atoms with E-state index in [2.05, 4.69) is 39.6 Å². The van der Waals surface area contributed by atoms with E-state index in [0.29, 0.717) is 24.3 Å². The van der Waals surface area contributed by atoms with Gasteiger partial charge in [0.15, 0.2) is 0 Å². The van der Waals surface area contributed by atoms with Crippen molar-refractivity contribution in [1.29, 1.82) is 0 Å². The second-order valence-electron chi connectivity index (χ2n) is 10.0. The number of hydrogen-bond acceptors (Lipinski definition) is 5. The third-order valence-corrected chi connectivity index (χ3v) is 7.69. The Kier molecular flexibility index (Phi) is 7.12. The van der Waals surface area contributed by atoms with Gasteiger partial charge in [-0.05, 0) is 64.1 Å². The van der Waals surface area contributed by atoms with Gasteiger partial charge in [0.25, 0.3) is 5.91 Å². The van der Waals surface area contributed by atoms with Gasteiger partial charge in [0.1, 0.15) is 12.6 Å². The van der Waals surface area contributed by atoms with Crippen molar-refractivity contribution in [3.63, 3.8) is 0 Å². The zero-order valence-corrected chi connectivity index (χ0v) is 22.5. The summed E-state index contributed by atoms with van der Waals surface area (Å²) < 4.78 is 10.6. The number of fused-ring (bicyclic) bond motifs is 4. The van der Waals surface area contributed by atoms with Crippen LogP contribution in [0.3, 0.4) is 0 Å². The van der Waals surface area contributed by atoms with Crippen molar-refractivity contribution in [2.75, 3.05) is 30.9 Å². The van der Waals surface area contributed by atoms with Gasteiger partial charge in [-0.2, -0.15) is 0 Å². The third-order valence-electron chi connectivity index (χ3n) is 7.69. The highest BCUT2D eigenvalue weighted by atomic mass is 16.6. The Morgan fingerprint density at radius 3 is 1.95 bits per heavy atom. The molecule has 2 N–H and O–H groups in total. The van der Waals surface area contributed by atoms with Crippen molar-refractivity contribution >= 4 is 29.5 Å². The Balaban J connectivity index is 1.21. The number of anilines is 2. The van der Waals surface area contributed by atoms with Crippen molar-refractivity contribution in [2.24, 2.45) is 0 Å². The van der Waals surface area contributed by atoms with Crippen molar-refractivity contribution in [1.82, 2.24) is 4.90 Å². The van der Waals surface area contributed by atoms with E-state index in [-0.39, 0.29) is 18.4 Å². The fraction of sp³-hybridized carbons (Fsp3) is 0.182. The molecule has 0 saturated carbocycles. The van der Waals surface area contributed by atoms with Gasteiger partial charge in [-0.1, -0.05) is 72.8 Å². The summed E-state index contributed by atoms with van der Waals surface area (Å²) >= 11 is 0. The monoisotopic (exact) mass is 547 g/mol. The molecule has 4 aromatic rings. The fourth-order valence-corrected chi connectivity index (χ4v) is 5.74. The quantitative estimate of drug-likeness (QED) is 0.303. The number of methoxy groups -OCH3 is 1. The molecule has 41 heavy (non-hydrogen) atoms. The number of carbonyl (C=O) groups is 3. The summed E-state index contributed by atoms with van der Waals surface area (Å²) in [6.45, 7) is 0.530. The van der Waals surface area contributed by atoms with Crippen LogP contribution in [-0.4, -0.2) is 43.3 Å². The van der Waals surface area contributed by atoms with Gasteiger partial charge in [0.2, 0.25) is 0 Å². The second-order valence-corrected chi connectivity index (χ2v) is 10.0. The summed E-state index contributed by atoms with van der Waals surface area (Å²) in [6.07, 6.45) is -0.489. The van der Waals surface area contributed by atoms with Gasteiger partial charge in [-0.25, -0.2) is 9.59 Å². The number of benzene rings is 4. The number of ether oxygens (including phenoxy) is 2. The molecule has 0 bridgehead atoms. The molecule has 0 fully saturated rings. The average molecular weight is 548 g/mol. The first-order valence-electron chi connectivity index (χ1n) is 13.5. The normalized spacial score (nSPS) is 15.2. The average Bonchev–Trinajstić information content (AvgIpc) is 3.33. The van der Waals surface area contributed by atoms with Gasteiger partial charge < -0.3 is 14.8 Å². The molecule has 8 nitrogen and oxygen atoms in total. The summed E-state index contributed by atoms with van der Waals surface area (Å²) in [6, 6.07) is 29.8. The van der Waals surface area contributed by atoms with Gasteiger partial charge >= 0.3 is 12.2 Å². The van der Waals surface area contributed by atoms with Crippen LogP contribution in [-0.2, 0) is 20.7 Å². The van der Waals surface area contributed by atoms with E-state index in [1.54, 1.807) is 24.3 Å². The molecule has 0 aromatic heterocycles. The Morgan fingerprint density at radius 2 is 1.32 bits per heavy atom. The zero-order valence-electron chi connectivity index (χ0n) is 22.5. The SMILES string of the molecule is COC(=O)Nc1ccc(NC(=O)[C@@H]2c3ccccc3CCN2C(=O)OCC2c3ccccc3-c3ccccc32)cc1. The van der Waals surface area contributed by atoms with Gasteiger partial charge in [-0.3, -0.25) is 15.0 Å². The van der Waals surface area contributed by atoms with Gasteiger partial charge in [-0.15, -0.1) is 0 Å². The summed E-state index contributed by atoms with van der Waals surface area (Å²) in [7, 11) is 1.29. The van der Waals surface area contributed by atoms with Crippen LogP contribution < -0.4 is 10.6 Å². The van der Waals surface area contributed by atoms with Crippen LogP contribution in [0.25, 0.3) is 11.1 Å². The van der Waals surface area contributed by atoms with E-state index in [1.165, 1.54) is 12.0 Å². The van der Waals surface area contributed by atoms with Crippen LogP contribution in [0.5, 0.6) is 0 Å². The van der Waals surface area contributed by atoms with E-state index in [9.17, 15) is 14.4 Å². The number of carbonyl (C=O) groups excluding carboxylic acids is 3. The van der Waals surface area contributed by atoms with Crippen LogP contribution in [0, 0.1) is 0 Å². The first kappa shape index (κ1) is 26.1. The molecule has 0 radical (unpaired) electrons. The van der Waals surface area contributed by atoms with Crippen molar-refractivity contribution in [2.45, 2.75) is 18.4 Å². The molecule has 4 aromatic carbocycles. The molecule has 8 heteroatoms. The second kappa shape index (κ2) is 11.2. The van der Waals surface area contributed by atoms with E-state index < -0.39 is 18.2 Å². The Labute approximate surface area is 237 Å². The molecule has 6 rings (SSSR count). The highest BCUT2D eigenvalue weighted by Gasteiger charge is 2.38. The predicted octanol–water partition coefficient (Wildman–Crippen LogP) is 6.35. The smallest absolute Gasteiger partial charge is 0.411 e. The largest absolute Gasteiger partial charge is 0.453 e. The molecular formula is C33H29N3O5. The van der Waals surface area contributed by atoms with Crippen LogP contribution in [0.2, 0.25) is 0 Å². The maximum Gasteiger partial charge on any atom is 0.411 e. The van der Waals surface area contributed by atoms with E-state index in [1.807, 2.05) is 48.5 Å². The predicted molar refractivity (Wildman–Crippen MR) is 156 cm³/mol. The summed E-state index contributed by atoms with van der Waals surface area (Å²) in [5.74, 6) is -0.424. The maximum absolute atomic E-state index is 13.7. The van der Waals surface area contributed by atoms with Crippen molar-refractivity contribution in [3.05, 3.63) is 119 Å². The lowest BCUT2D eigenvalue weighted by molar-refractivity contribution is -0.121. The van der Waals surface area contributed by atoms with Crippen LogP contribution in [0.4, 0.5) is 21.0 Å². The molecule has 206 valence electrons. The number of nitrogens with one attached hydrogen (secondary N) is 2. The number of nitrogens with zero attached hydrogens (tertiary/aromatic N) is 1. The van der Waals surface area contributed by atoms with Crippen LogP contribution >= 0.6 is 0 Å². The zero-order chi connectivity index (χ0) is 28.3. The summed E-state index contributed by atoms with van der Waals surface area (Å²) in [4.78, 5) is 40.3. The van der Waals surface area contributed by atoms with E-state index >= 15 is 0 Å². The third kappa shape index (κ3) is 5.12. The molecule has 1 atom stereocenters. The molecule has 0 saturated heterocycles. The standard InChI is InChI=1S/C33H29N3O5/c1-40-32(38)35-23-16-14-22(15-17-23)34-31(37)30-24-9-3-2-8-21(24)18-19-36(30)33(39)41-20-29-27-12-6-4-10-25(27)26-11-5-7-13-28(26)29/h2-17,29-30H,18-20H2,1H3,(H,34,37)(H,35,38)/t30-/m0/s1. The van der Waals surface area contributed by atoms with Crippen molar-refractivity contribution < 1.29 is 23.9 Å². The molecule has 1 aliphatic carbocycles. The summed E-state index contributed by atoms with van der Waals surface area (Å²) in [5, 5.41) is 5.50. The Morgan fingerprint density at radius 1 is 0.756 bits per heavy atom. The Bertz CT molecular complexity index is 1570. The molecule has 2 aliphatic rings. The lowest BCUT2D eigenvalue weighted by atomic mass is 9.92. The fourth-order valence-electron chi connectivity index (χ4n) is 5.74. The van der Waals surface area contributed by atoms with Crippen molar-refractivity contribution in [3.8, 4) is 11.1 Å². The van der Waals surface area contributed by atoms with Gasteiger partial charge in [0.05, 0.1) is 7.11 Å². The minimum Gasteiger partial charge on any atom is -0.453 e. The number of amides is 3. The molecular weight excluding hydrogens is 518 g/mol. The number of hydrogen-bond donors (Lipinski definition) is 2. The molecule has 0 unspecified atom stereocenters. The first-order valence-corrected chi connectivity index (χ1v) is 13.5. The van der Waals surface area contributed by atoms with E-state index in [4.69, 9.17) is 4.74 Å². The minimum absolute atomic E-state index is 0.0761. The minimum atomic E-state index is -0.858. The molecule has 1 aliphatic heterocycles. The summed E-state index contributed by atoms with van der Waals surface area (Å²) in [5.41, 5.74) is 7.41. The Hall–Kier alpha value is -5.11. The highest BCUT2D eigenvalue weighted by Crippen LogP contribution is 2.44. The number of rotatable bonds is 5. The lowest BCUT2D eigenvalue weighted by Gasteiger charge is -2.35. The molecule has 1 heterocycles. The van der Waals surface area contributed by atoms with Gasteiger partial charge in [0, 0.05) is 23.8 Å². The first-order chi connectivity index (χ1) is 20.0. The maximum atomic E-state index is 13.7. The molecule has 3 amide bonds. The lowest BCUT2D eigenvalue weighted by Crippen LogP contribution is -2.45. The van der Waals surface area contributed by atoms with E-state index in [0.717, 1.165) is 33.4 Å². The molecule has 0 spiro atoms. The van der Waals surface area contributed by atoms with Crippen LogP contribution in [0.1, 0.15) is 34.2 Å². The highest BCUT2D eigenvalue weighted by molar-refractivity contribution is 5.98. The topological polar surface area (TPSA) is 97.0 Å². The van der Waals surface area contributed by atoms with Crippen LogP contribution in [0.15, 0.2) is 97.1 Å².